The molecule has 0 heterocycles. The van der Waals surface area contributed by atoms with E-state index in [0.717, 1.165) is 0 Å². The third-order valence-corrected chi connectivity index (χ3v) is 1.07. The zero-order valence-corrected chi connectivity index (χ0v) is 6.57. The molecule has 0 saturated heterocycles. The molecular weight excluding hydrogens is 146 g/mol. The molecule has 11 heavy (non-hydrogen) atoms. The van der Waals surface area contributed by atoms with Crippen molar-refractivity contribution in [1.29, 1.82) is 0 Å². The van der Waals surface area contributed by atoms with Gasteiger partial charge in [0.05, 0.1) is 0 Å². The van der Waals surface area contributed by atoms with Gasteiger partial charge in [0.2, 0.25) is 0 Å². The molecule has 0 fully saturated rings. The predicted octanol–water partition coefficient (Wildman–Crippen LogP) is 0.954. The van der Waals surface area contributed by atoms with E-state index < -0.39 is 5.97 Å². The quantitative estimate of drug-likeness (QED) is 0.218. The molecule has 0 bridgehead atoms. The predicted molar refractivity (Wildman–Crippen MR) is 40.6 cm³/mol. The van der Waals surface area contributed by atoms with Gasteiger partial charge in [-0.25, -0.2) is 4.79 Å². The summed E-state index contributed by atoms with van der Waals surface area (Å²) in [6.45, 7) is 6.44. The Bertz CT molecular complexity index is 186. The Morgan fingerprint density at radius 3 is 2.73 bits per heavy atom. The summed E-state index contributed by atoms with van der Waals surface area (Å²) >= 11 is 0. The maximum Gasteiger partial charge on any atom is 0.356 e. The number of hydrogen-bond acceptors (Lipinski definition) is 4. The molecule has 0 aromatic rings. The van der Waals surface area contributed by atoms with Gasteiger partial charge in [-0.1, -0.05) is 17.8 Å². The minimum atomic E-state index is -0.639. The van der Waals surface area contributed by atoms with Crippen LogP contribution in [0.25, 0.3) is 0 Å². The molecule has 0 aromatic heterocycles. The maximum absolute atomic E-state index is 10.8. The van der Waals surface area contributed by atoms with Crippen molar-refractivity contribution in [3.63, 3.8) is 0 Å². The molecular formula is C7H11NO3. The summed E-state index contributed by atoms with van der Waals surface area (Å²) in [6, 6.07) is 0. The monoisotopic (exact) mass is 157 g/mol. The van der Waals surface area contributed by atoms with Gasteiger partial charge in [-0.05, 0) is 13.8 Å². The third-order valence-electron chi connectivity index (χ3n) is 1.07. The van der Waals surface area contributed by atoms with E-state index in [-0.39, 0.29) is 11.8 Å². The number of rotatable bonds is 3. The van der Waals surface area contributed by atoms with Crippen molar-refractivity contribution in [3.8, 4) is 0 Å². The highest BCUT2D eigenvalue weighted by atomic mass is 16.5. The zero-order valence-electron chi connectivity index (χ0n) is 6.57. The molecule has 0 rings (SSSR count). The van der Waals surface area contributed by atoms with Crippen molar-refractivity contribution in [2.75, 3.05) is 0 Å². The molecule has 0 amide bonds. The van der Waals surface area contributed by atoms with Crippen molar-refractivity contribution in [2.24, 2.45) is 5.16 Å². The van der Waals surface area contributed by atoms with Gasteiger partial charge in [0, 0.05) is 0 Å². The van der Waals surface area contributed by atoms with E-state index in [9.17, 15) is 4.79 Å². The smallest absolute Gasteiger partial charge is 0.356 e. The van der Waals surface area contributed by atoms with Crippen LogP contribution < -0.4 is 0 Å². The molecule has 1 N–H and O–H groups in total. The summed E-state index contributed by atoms with van der Waals surface area (Å²) in [5, 5.41) is 10.8. The topological polar surface area (TPSA) is 58.9 Å². The Balaban J connectivity index is 3.97. The lowest BCUT2D eigenvalue weighted by atomic mass is 10.4. The first-order valence-electron chi connectivity index (χ1n) is 3.14. The molecule has 0 spiro atoms. The average Bonchev–Trinajstić information content (AvgIpc) is 2.02. The van der Waals surface area contributed by atoms with E-state index >= 15 is 0 Å². The number of hydrogen-bond donors (Lipinski definition) is 1. The van der Waals surface area contributed by atoms with Crippen LogP contribution in [0.5, 0.6) is 0 Å². The van der Waals surface area contributed by atoms with Gasteiger partial charge < -0.3 is 9.94 Å². The van der Waals surface area contributed by atoms with Crippen molar-refractivity contribution >= 4 is 11.7 Å². The lowest BCUT2D eigenvalue weighted by Crippen LogP contribution is -2.19. The normalized spacial score (nSPS) is 13.8. The molecule has 0 aliphatic heterocycles. The highest BCUT2D eigenvalue weighted by molar-refractivity contribution is 6.35. The van der Waals surface area contributed by atoms with Gasteiger partial charge in [-0.15, -0.1) is 0 Å². The standard InChI is InChI=1S/C7H11NO3/c1-4-5(2)11-7(9)6(3)8-10/h4-5,10H,1H2,2-3H3/b8-6+. The van der Waals surface area contributed by atoms with E-state index in [1.54, 1.807) is 6.92 Å². The summed E-state index contributed by atoms with van der Waals surface area (Å²) < 4.78 is 4.70. The number of carbonyl (C=O) groups is 1. The first kappa shape index (κ1) is 9.68. The molecule has 0 aliphatic rings. The Morgan fingerprint density at radius 1 is 1.82 bits per heavy atom. The Kier molecular flexibility index (Phi) is 3.95. The van der Waals surface area contributed by atoms with Crippen LogP contribution in [-0.4, -0.2) is 23.0 Å². The average molecular weight is 157 g/mol. The lowest BCUT2D eigenvalue weighted by molar-refractivity contribution is -0.138. The molecule has 62 valence electrons. The van der Waals surface area contributed by atoms with Crippen molar-refractivity contribution in [2.45, 2.75) is 20.0 Å². The highest BCUT2D eigenvalue weighted by Gasteiger charge is 2.09. The molecule has 0 radical (unpaired) electrons. The van der Waals surface area contributed by atoms with E-state index in [2.05, 4.69) is 11.7 Å². The second-order valence-electron chi connectivity index (χ2n) is 2.03. The van der Waals surface area contributed by atoms with E-state index in [1.165, 1.54) is 13.0 Å². The molecule has 4 nitrogen and oxygen atoms in total. The van der Waals surface area contributed by atoms with Gasteiger partial charge in [-0.2, -0.15) is 0 Å². The summed E-state index contributed by atoms with van der Waals surface area (Å²) in [5.41, 5.74) is -0.0706. The van der Waals surface area contributed by atoms with Crippen LogP contribution in [0.1, 0.15) is 13.8 Å². The Morgan fingerprint density at radius 2 is 2.36 bits per heavy atom. The molecule has 1 atom stereocenters. The van der Waals surface area contributed by atoms with Gasteiger partial charge >= 0.3 is 5.97 Å². The Hall–Kier alpha value is -1.32. The fraction of sp³-hybridized carbons (Fsp3) is 0.429. The van der Waals surface area contributed by atoms with Gasteiger partial charge in [0.25, 0.3) is 0 Å². The fourth-order valence-corrected chi connectivity index (χ4v) is 0.343. The van der Waals surface area contributed by atoms with Crippen LogP contribution >= 0.6 is 0 Å². The minimum Gasteiger partial charge on any atom is -0.454 e. The van der Waals surface area contributed by atoms with Gasteiger partial charge in [0.15, 0.2) is 5.71 Å². The number of carbonyl (C=O) groups excluding carboxylic acids is 1. The highest BCUT2D eigenvalue weighted by Crippen LogP contribution is 1.93. The zero-order chi connectivity index (χ0) is 8.85. The summed E-state index contributed by atoms with van der Waals surface area (Å²) in [4.78, 5) is 10.8. The number of nitrogens with zero attached hydrogens (tertiary/aromatic N) is 1. The summed E-state index contributed by atoms with van der Waals surface area (Å²) in [5.74, 6) is -0.639. The molecule has 0 aromatic carbocycles. The second kappa shape index (κ2) is 4.49. The minimum absolute atomic E-state index is 0.0706. The Labute approximate surface area is 65.2 Å². The van der Waals surface area contributed by atoms with Gasteiger partial charge in [0.1, 0.15) is 6.10 Å². The summed E-state index contributed by atoms with van der Waals surface area (Å²) in [7, 11) is 0. The van der Waals surface area contributed by atoms with Crippen molar-refractivity contribution in [1.82, 2.24) is 0 Å². The first-order chi connectivity index (χ1) is 5.11. The van der Waals surface area contributed by atoms with Crippen molar-refractivity contribution < 1.29 is 14.7 Å². The number of ether oxygens (including phenoxy) is 1. The van der Waals surface area contributed by atoms with Gasteiger partial charge in [-0.3, -0.25) is 0 Å². The van der Waals surface area contributed by atoms with Crippen LogP contribution in [0.15, 0.2) is 17.8 Å². The van der Waals surface area contributed by atoms with E-state index in [0.29, 0.717) is 0 Å². The SMILES string of the molecule is C=CC(C)OC(=O)/C(C)=N/O. The van der Waals surface area contributed by atoms with E-state index in [4.69, 9.17) is 9.94 Å². The molecule has 0 saturated carbocycles. The van der Waals surface area contributed by atoms with Crippen LogP contribution in [-0.2, 0) is 9.53 Å². The largest absolute Gasteiger partial charge is 0.454 e. The van der Waals surface area contributed by atoms with Crippen LogP contribution in [0.3, 0.4) is 0 Å². The molecule has 0 aliphatic carbocycles. The molecule has 1 unspecified atom stereocenters. The maximum atomic E-state index is 10.8. The number of esters is 1. The van der Waals surface area contributed by atoms with E-state index in [1.807, 2.05) is 0 Å². The van der Waals surface area contributed by atoms with Crippen LogP contribution in [0.2, 0.25) is 0 Å². The fourth-order valence-electron chi connectivity index (χ4n) is 0.343. The second-order valence-corrected chi connectivity index (χ2v) is 2.03. The summed E-state index contributed by atoms with van der Waals surface area (Å²) in [6.07, 6.45) is 1.11. The molecule has 4 heteroatoms. The first-order valence-corrected chi connectivity index (χ1v) is 3.14. The number of oxime groups is 1. The van der Waals surface area contributed by atoms with Crippen molar-refractivity contribution in [3.05, 3.63) is 12.7 Å². The third kappa shape index (κ3) is 3.40. The van der Waals surface area contributed by atoms with Crippen LogP contribution in [0.4, 0.5) is 0 Å². The lowest BCUT2D eigenvalue weighted by Gasteiger charge is -2.06. The van der Waals surface area contributed by atoms with Crippen LogP contribution in [0, 0.1) is 0 Å².